The molecular weight excluding hydrogens is 200 g/mol. The van der Waals surface area contributed by atoms with Crippen molar-refractivity contribution in [3.63, 3.8) is 0 Å². The average Bonchev–Trinajstić information content (AvgIpc) is 2.30. The number of aliphatic hydroxyl groups is 1. The Hall–Kier alpha value is -1.06. The van der Waals surface area contributed by atoms with E-state index >= 15 is 0 Å². The molecule has 0 amide bonds. The molecule has 0 bridgehead atoms. The van der Waals surface area contributed by atoms with Crippen LogP contribution in [0.2, 0.25) is 0 Å². The summed E-state index contributed by atoms with van der Waals surface area (Å²) in [6, 6.07) is 7.97. The predicted octanol–water partition coefficient (Wildman–Crippen LogP) is 1.72. The van der Waals surface area contributed by atoms with Crippen LogP contribution in [0, 0.1) is 5.92 Å². The smallest absolute Gasteiger partial charge is 0.0468 e. The van der Waals surface area contributed by atoms with E-state index in [1.54, 1.807) is 0 Å². The minimum atomic E-state index is 0.248. The van der Waals surface area contributed by atoms with Crippen LogP contribution in [0.25, 0.3) is 0 Å². The molecule has 0 saturated heterocycles. The van der Waals surface area contributed by atoms with Gasteiger partial charge in [-0.05, 0) is 30.2 Å². The van der Waals surface area contributed by atoms with Crippen molar-refractivity contribution in [1.29, 1.82) is 0 Å². The molecule has 90 valence electrons. The minimum absolute atomic E-state index is 0.248. The number of aliphatic hydroxyl groups excluding tert-OH is 1. The molecule has 16 heavy (non-hydrogen) atoms. The second-order valence-corrected chi connectivity index (χ2v) is 4.36. The Kier molecular flexibility index (Phi) is 5.29. The van der Waals surface area contributed by atoms with Gasteiger partial charge in [0, 0.05) is 25.4 Å². The lowest BCUT2D eigenvalue weighted by Gasteiger charge is -2.23. The third-order valence-electron chi connectivity index (χ3n) is 2.71. The number of nitrogens with zero attached hydrogens (tertiary/aromatic N) is 1. The topological polar surface area (TPSA) is 49.5 Å². The van der Waals surface area contributed by atoms with Gasteiger partial charge in [-0.3, -0.25) is 4.90 Å². The summed E-state index contributed by atoms with van der Waals surface area (Å²) in [4.78, 5) is 2.33. The first kappa shape index (κ1) is 13.0. The zero-order valence-corrected chi connectivity index (χ0v) is 10.2. The number of benzene rings is 1. The molecule has 0 fully saturated rings. The van der Waals surface area contributed by atoms with Crippen LogP contribution < -0.4 is 5.73 Å². The molecule has 1 aromatic carbocycles. The Morgan fingerprint density at radius 2 is 1.94 bits per heavy atom. The number of nitrogen functional groups attached to an aromatic ring is 1. The van der Waals surface area contributed by atoms with Gasteiger partial charge in [0.05, 0.1) is 0 Å². The molecule has 3 N–H and O–H groups in total. The number of nitrogens with two attached hydrogens (primary N) is 1. The number of anilines is 1. The summed E-state index contributed by atoms with van der Waals surface area (Å²) in [5, 5.41) is 9.04. The van der Waals surface area contributed by atoms with Gasteiger partial charge >= 0.3 is 0 Å². The van der Waals surface area contributed by atoms with Crippen molar-refractivity contribution in [2.24, 2.45) is 5.92 Å². The first-order valence-electron chi connectivity index (χ1n) is 5.83. The molecule has 1 atom stereocenters. The van der Waals surface area contributed by atoms with Gasteiger partial charge in [0.2, 0.25) is 0 Å². The van der Waals surface area contributed by atoms with Crippen LogP contribution in [0.4, 0.5) is 5.69 Å². The van der Waals surface area contributed by atoms with Crippen molar-refractivity contribution in [2.45, 2.75) is 20.4 Å². The first-order valence-corrected chi connectivity index (χ1v) is 5.83. The lowest BCUT2D eigenvalue weighted by molar-refractivity contribution is 0.173. The normalized spacial score (nSPS) is 13.0. The molecule has 0 spiro atoms. The Bertz CT molecular complexity index is 297. The van der Waals surface area contributed by atoms with Crippen molar-refractivity contribution in [3.8, 4) is 0 Å². The molecule has 3 nitrogen and oxygen atoms in total. The van der Waals surface area contributed by atoms with E-state index in [-0.39, 0.29) is 6.61 Å². The molecule has 1 unspecified atom stereocenters. The van der Waals surface area contributed by atoms with Gasteiger partial charge < -0.3 is 10.8 Å². The summed E-state index contributed by atoms with van der Waals surface area (Å²) >= 11 is 0. The number of hydrogen-bond acceptors (Lipinski definition) is 3. The van der Waals surface area contributed by atoms with Crippen LogP contribution in [0.3, 0.4) is 0 Å². The zero-order valence-electron chi connectivity index (χ0n) is 10.2. The second kappa shape index (κ2) is 6.51. The maximum atomic E-state index is 9.04. The van der Waals surface area contributed by atoms with E-state index in [4.69, 9.17) is 10.8 Å². The molecule has 0 aliphatic rings. The van der Waals surface area contributed by atoms with Gasteiger partial charge in [0.1, 0.15) is 0 Å². The average molecular weight is 222 g/mol. The van der Waals surface area contributed by atoms with Crippen LogP contribution in [-0.4, -0.2) is 29.7 Å². The molecule has 0 aliphatic heterocycles. The van der Waals surface area contributed by atoms with Gasteiger partial charge in [0.15, 0.2) is 0 Å². The molecule has 0 saturated carbocycles. The number of hydrogen-bond donors (Lipinski definition) is 2. The van der Waals surface area contributed by atoms with E-state index in [0.29, 0.717) is 5.92 Å². The monoisotopic (exact) mass is 222 g/mol. The third kappa shape index (κ3) is 4.21. The quantitative estimate of drug-likeness (QED) is 0.721. The second-order valence-electron chi connectivity index (χ2n) is 4.36. The van der Waals surface area contributed by atoms with E-state index < -0.39 is 0 Å². The Morgan fingerprint density at radius 1 is 1.31 bits per heavy atom. The summed E-state index contributed by atoms with van der Waals surface area (Å²) in [5.41, 5.74) is 7.71. The van der Waals surface area contributed by atoms with Crippen LogP contribution >= 0.6 is 0 Å². The van der Waals surface area contributed by atoms with Crippen molar-refractivity contribution < 1.29 is 5.11 Å². The first-order chi connectivity index (χ1) is 7.65. The molecule has 1 aromatic rings. The largest absolute Gasteiger partial charge is 0.399 e. The van der Waals surface area contributed by atoms with Gasteiger partial charge in [-0.15, -0.1) is 0 Å². The van der Waals surface area contributed by atoms with Gasteiger partial charge in [-0.1, -0.05) is 26.0 Å². The van der Waals surface area contributed by atoms with E-state index in [2.05, 4.69) is 30.9 Å². The predicted molar refractivity (Wildman–Crippen MR) is 68.1 cm³/mol. The molecular formula is C13H22N2O. The lowest BCUT2D eigenvalue weighted by atomic mass is 10.1. The van der Waals surface area contributed by atoms with Crippen molar-refractivity contribution in [1.82, 2.24) is 4.90 Å². The summed E-state index contributed by atoms with van der Waals surface area (Å²) in [7, 11) is 0. The van der Waals surface area contributed by atoms with Crippen LogP contribution in [-0.2, 0) is 6.54 Å². The third-order valence-corrected chi connectivity index (χ3v) is 2.71. The van der Waals surface area contributed by atoms with E-state index in [0.717, 1.165) is 25.3 Å². The Labute approximate surface area is 97.9 Å². The molecule has 3 heteroatoms. The van der Waals surface area contributed by atoms with Gasteiger partial charge in [0.25, 0.3) is 0 Å². The van der Waals surface area contributed by atoms with E-state index in [1.807, 2.05) is 12.1 Å². The summed E-state index contributed by atoms with van der Waals surface area (Å²) in [5.74, 6) is 0.328. The molecule has 1 rings (SSSR count). The maximum Gasteiger partial charge on any atom is 0.0468 e. The summed E-state index contributed by atoms with van der Waals surface area (Å²) < 4.78 is 0. The van der Waals surface area contributed by atoms with Gasteiger partial charge in [-0.2, -0.15) is 0 Å². The maximum absolute atomic E-state index is 9.04. The molecule has 0 radical (unpaired) electrons. The van der Waals surface area contributed by atoms with Crippen molar-refractivity contribution in [2.75, 3.05) is 25.4 Å². The van der Waals surface area contributed by atoms with Crippen molar-refractivity contribution >= 4 is 5.69 Å². The highest BCUT2D eigenvalue weighted by atomic mass is 16.3. The van der Waals surface area contributed by atoms with Crippen LogP contribution in [0.15, 0.2) is 24.3 Å². The molecule has 0 heterocycles. The fraction of sp³-hybridized carbons (Fsp3) is 0.538. The minimum Gasteiger partial charge on any atom is -0.399 e. The molecule has 0 aliphatic carbocycles. The van der Waals surface area contributed by atoms with Crippen LogP contribution in [0.1, 0.15) is 19.4 Å². The number of rotatable bonds is 6. The van der Waals surface area contributed by atoms with Gasteiger partial charge in [-0.25, -0.2) is 0 Å². The lowest BCUT2D eigenvalue weighted by Crippen LogP contribution is -2.29. The van der Waals surface area contributed by atoms with Crippen LogP contribution in [0.5, 0.6) is 0 Å². The zero-order chi connectivity index (χ0) is 12.0. The summed E-state index contributed by atoms with van der Waals surface area (Å²) in [6.45, 7) is 7.29. The summed E-state index contributed by atoms with van der Waals surface area (Å²) in [6.07, 6.45) is 0. The Morgan fingerprint density at radius 3 is 2.44 bits per heavy atom. The SMILES string of the molecule is CCN(Cc1ccc(N)cc1)CC(C)CO. The van der Waals surface area contributed by atoms with Crippen molar-refractivity contribution in [3.05, 3.63) is 29.8 Å². The van der Waals surface area contributed by atoms with E-state index in [1.165, 1.54) is 5.56 Å². The Balaban J connectivity index is 2.52. The highest BCUT2D eigenvalue weighted by Crippen LogP contribution is 2.09. The fourth-order valence-corrected chi connectivity index (χ4v) is 1.69. The standard InChI is InChI=1S/C13H22N2O/c1-3-15(8-11(2)10-16)9-12-4-6-13(14)7-5-12/h4-7,11,16H,3,8-10,14H2,1-2H3. The van der Waals surface area contributed by atoms with E-state index in [9.17, 15) is 0 Å². The highest BCUT2D eigenvalue weighted by molar-refractivity contribution is 5.39. The fourth-order valence-electron chi connectivity index (χ4n) is 1.69. The molecule has 0 aromatic heterocycles. The highest BCUT2D eigenvalue weighted by Gasteiger charge is 2.08.